The van der Waals surface area contributed by atoms with Crippen molar-refractivity contribution in [2.75, 3.05) is 0 Å². The van der Waals surface area contributed by atoms with E-state index in [9.17, 15) is 5.11 Å². The molecule has 5 aromatic carbocycles. The summed E-state index contributed by atoms with van der Waals surface area (Å²) in [4.78, 5) is 0. The molecule has 0 spiro atoms. The lowest BCUT2D eigenvalue weighted by Crippen LogP contribution is -1.93. The highest BCUT2D eigenvalue weighted by Crippen LogP contribution is 2.18. The predicted molar refractivity (Wildman–Crippen MR) is 168 cm³/mol. The zero-order valence-electron chi connectivity index (χ0n) is 23.9. The van der Waals surface area contributed by atoms with E-state index >= 15 is 0 Å². The molecule has 200 valence electrons. The Balaban J connectivity index is 0.00000100. The van der Waals surface area contributed by atoms with Crippen LogP contribution in [-0.4, -0.2) is 5.11 Å². The van der Waals surface area contributed by atoms with Gasteiger partial charge in [-0.1, -0.05) is 143 Å². The van der Waals surface area contributed by atoms with Crippen LogP contribution in [0.5, 0.6) is 5.75 Å². The molecule has 1 nitrogen and oxygen atoms in total. The molecule has 39 heavy (non-hydrogen) atoms. The quantitative estimate of drug-likeness (QED) is 0.218. The van der Waals surface area contributed by atoms with Crippen molar-refractivity contribution in [2.45, 2.75) is 53.4 Å². The van der Waals surface area contributed by atoms with Crippen molar-refractivity contribution >= 4 is 0 Å². The van der Waals surface area contributed by atoms with Gasteiger partial charge in [0.05, 0.1) is 0 Å². The second kappa shape index (κ2) is 16.0. The SMILES string of the molecule is CC.CC.Oc1ccc(Cc2ccc(Cc3ccc(Cc4ccc(Cc5ccccc5)cc4)cc3)cc2)cc1. The monoisotopic (exact) mass is 514 g/mol. The normalized spacial score (nSPS) is 10.1. The van der Waals surface area contributed by atoms with E-state index < -0.39 is 0 Å². The zero-order valence-corrected chi connectivity index (χ0v) is 23.9. The molecule has 0 amide bonds. The summed E-state index contributed by atoms with van der Waals surface area (Å²) in [5.74, 6) is 0.312. The number of phenols is 1. The van der Waals surface area contributed by atoms with Crippen LogP contribution in [0.4, 0.5) is 0 Å². The molecule has 0 radical (unpaired) electrons. The molecule has 0 bridgehead atoms. The Morgan fingerprint density at radius 2 is 0.513 bits per heavy atom. The zero-order chi connectivity index (χ0) is 27.9. The van der Waals surface area contributed by atoms with E-state index in [-0.39, 0.29) is 0 Å². The van der Waals surface area contributed by atoms with Gasteiger partial charge in [0, 0.05) is 0 Å². The Bertz CT molecular complexity index is 1330. The van der Waals surface area contributed by atoms with Gasteiger partial charge in [-0.3, -0.25) is 0 Å². The standard InChI is InChI=1S/C34H30O.2C2H6/c35-34-20-18-33(19-21-34)25-32-16-14-31(15-17-32)24-30-12-10-29(11-13-30)23-28-8-6-27(7-9-28)22-26-4-2-1-3-5-26;2*1-2/h1-21,35H,22-25H2;2*1-2H3. The van der Waals surface area contributed by atoms with Crippen LogP contribution in [0.3, 0.4) is 0 Å². The highest BCUT2D eigenvalue weighted by Gasteiger charge is 2.02. The molecule has 0 aliphatic rings. The average Bonchev–Trinajstić information content (AvgIpc) is 3.00. The Kier molecular flexibility index (Phi) is 12.1. The second-order valence-electron chi connectivity index (χ2n) is 9.31. The van der Waals surface area contributed by atoms with Crippen LogP contribution in [-0.2, 0) is 25.7 Å². The van der Waals surface area contributed by atoms with Crippen molar-refractivity contribution in [1.29, 1.82) is 0 Å². The Labute approximate surface area is 235 Å². The van der Waals surface area contributed by atoms with Gasteiger partial charge < -0.3 is 5.11 Å². The third-order valence-electron chi connectivity index (χ3n) is 6.48. The molecule has 0 aliphatic heterocycles. The van der Waals surface area contributed by atoms with Crippen molar-refractivity contribution < 1.29 is 5.11 Å². The molecule has 5 rings (SSSR count). The lowest BCUT2D eigenvalue weighted by atomic mass is 9.98. The van der Waals surface area contributed by atoms with Gasteiger partial charge in [-0.05, 0) is 82.3 Å². The summed E-state index contributed by atoms with van der Waals surface area (Å²) >= 11 is 0. The van der Waals surface area contributed by atoms with Gasteiger partial charge in [-0.2, -0.15) is 0 Å². The first-order chi connectivity index (χ1) is 19.2. The fraction of sp³-hybridized carbons (Fsp3) is 0.211. The minimum atomic E-state index is 0.312. The molecule has 0 aromatic heterocycles. The number of aromatic hydroxyl groups is 1. The molecule has 0 saturated heterocycles. The van der Waals surface area contributed by atoms with Crippen molar-refractivity contribution in [3.8, 4) is 5.75 Å². The molecule has 0 fully saturated rings. The van der Waals surface area contributed by atoms with E-state index in [2.05, 4.69) is 103 Å². The number of hydrogen-bond acceptors (Lipinski definition) is 1. The highest BCUT2D eigenvalue weighted by molar-refractivity contribution is 5.36. The summed E-state index contributed by atoms with van der Waals surface area (Å²) in [6, 6.07) is 45.0. The van der Waals surface area contributed by atoms with Crippen LogP contribution in [0.25, 0.3) is 0 Å². The molecule has 1 N–H and O–H groups in total. The maximum absolute atomic E-state index is 9.45. The van der Waals surface area contributed by atoms with Crippen molar-refractivity contribution in [3.63, 3.8) is 0 Å². The number of hydrogen-bond donors (Lipinski definition) is 1. The number of benzene rings is 5. The lowest BCUT2D eigenvalue weighted by molar-refractivity contribution is 0.475. The summed E-state index contributed by atoms with van der Waals surface area (Å²) in [6.45, 7) is 8.00. The minimum Gasteiger partial charge on any atom is -0.508 e. The van der Waals surface area contributed by atoms with Crippen molar-refractivity contribution in [1.82, 2.24) is 0 Å². The van der Waals surface area contributed by atoms with Gasteiger partial charge in [-0.25, -0.2) is 0 Å². The minimum absolute atomic E-state index is 0.312. The van der Waals surface area contributed by atoms with Crippen LogP contribution in [0.1, 0.15) is 72.2 Å². The Hall–Kier alpha value is -4.10. The predicted octanol–water partition coefficient (Wildman–Crippen LogP) is 9.81. The largest absolute Gasteiger partial charge is 0.508 e. The third kappa shape index (κ3) is 9.61. The van der Waals surface area contributed by atoms with Gasteiger partial charge in [0.2, 0.25) is 0 Å². The summed E-state index contributed by atoms with van der Waals surface area (Å²) in [6.07, 6.45) is 3.75. The molecule has 1 heteroatoms. The summed E-state index contributed by atoms with van der Waals surface area (Å²) in [5.41, 5.74) is 10.5. The van der Waals surface area contributed by atoms with Crippen LogP contribution in [0.15, 0.2) is 127 Å². The molecular weight excluding hydrogens is 472 g/mol. The van der Waals surface area contributed by atoms with E-state index in [1.165, 1.54) is 44.5 Å². The summed E-state index contributed by atoms with van der Waals surface area (Å²) in [7, 11) is 0. The van der Waals surface area contributed by atoms with E-state index in [0.29, 0.717) is 5.75 Å². The molecule has 0 aliphatic carbocycles. The molecule has 0 unspecified atom stereocenters. The summed E-state index contributed by atoms with van der Waals surface area (Å²) in [5, 5.41) is 9.45. The number of rotatable bonds is 8. The van der Waals surface area contributed by atoms with Gasteiger partial charge in [-0.15, -0.1) is 0 Å². The molecule has 0 heterocycles. The van der Waals surface area contributed by atoms with Gasteiger partial charge in [0.25, 0.3) is 0 Å². The maximum Gasteiger partial charge on any atom is 0.115 e. The first-order valence-electron chi connectivity index (χ1n) is 14.2. The van der Waals surface area contributed by atoms with E-state index in [1.54, 1.807) is 12.1 Å². The van der Waals surface area contributed by atoms with E-state index in [4.69, 9.17) is 0 Å². The Morgan fingerprint density at radius 3 is 0.769 bits per heavy atom. The topological polar surface area (TPSA) is 20.2 Å². The fourth-order valence-electron chi connectivity index (χ4n) is 4.48. The van der Waals surface area contributed by atoms with Gasteiger partial charge in [0.1, 0.15) is 5.75 Å². The van der Waals surface area contributed by atoms with Crippen molar-refractivity contribution in [3.05, 3.63) is 172 Å². The van der Waals surface area contributed by atoms with Crippen molar-refractivity contribution in [2.24, 2.45) is 0 Å². The molecule has 0 saturated carbocycles. The van der Waals surface area contributed by atoms with Crippen LogP contribution in [0.2, 0.25) is 0 Å². The average molecular weight is 515 g/mol. The number of phenolic OH excluding ortho intramolecular Hbond substituents is 1. The van der Waals surface area contributed by atoms with Crippen LogP contribution < -0.4 is 0 Å². The fourth-order valence-corrected chi connectivity index (χ4v) is 4.48. The van der Waals surface area contributed by atoms with E-state index in [0.717, 1.165) is 25.7 Å². The Morgan fingerprint density at radius 1 is 0.308 bits per heavy atom. The smallest absolute Gasteiger partial charge is 0.115 e. The third-order valence-corrected chi connectivity index (χ3v) is 6.48. The van der Waals surface area contributed by atoms with Crippen LogP contribution in [0, 0.1) is 0 Å². The van der Waals surface area contributed by atoms with E-state index in [1.807, 2.05) is 39.8 Å². The lowest BCUT2D eigenvalue weighted by Gasteiger charge is -2.08. The summed E-state index contributed by atoms with van der Waals surface area (Å²) < 4.78 is 0. The first-order valence-corrected chi connectivity index (χ1v) is 14.2. The van der Waals surface area contributed by atoms with Gasteiger partial charge >= 0.3 is 0 Å². The molecule has 5 aromatic rings. The molecule has 0 atom stereocenters. The highest BCUT2D eigenvalue weighted by atomic mass is 16.3. The molecular formula is C38H42O. The second-order valence-corrected chi connectivity index (χ2v) is 9.31. The van der Waals surface area contributed by atoms with Crippen LogP contribution >= 0.6 is 0 Å². The first kappa shape index (κ1) is 29.5. The maximum atomic E-state index is 9.45. The van der Waals surface area contributed by atoms with Gasteiger partial charge in [0.15, 0.2) is 0 Å².